The van der Waals surface area contributed by atoms with E-state index in [0.29, 0.717) is 5.69 Å². The number of nitrogen functional groups attached to an aromatic ring is 1. The minimum absolute atomic E-state index is 0.196. The van der Waals surface area contributed by atoms with Gasteiger partial charge in [0.25, 0.3) is 0 Å². The van der Waals surface area contributed by atoms with Crippen LogP contribution in [0.15, 0.2) is 46.1 Å². The van der Waals surface area contributed by atoms with Crippen molar-refractivity contribution in [1.29, 1.82) is 0 Å². The molecule has 0 spiro atoms. The Bertz CT molecular complexity index is 663. The second kappa shape index (κ2) is 5.07. The first-order valence-electron chi connectivity index (χ1n) is 5.75. The molecule has 0 fully saturated rings. The van der Waals surface area contributed by atoms with Crippen molar-refractivity contribution in [2.24, 2.45) is 0 Å². The highest BCUT2D eigenvalue weighted by molar-refractivity contribution is 7.89. The largest absolute Gasteiger partial charge is 0.472 e. The molecule has 0 saturated heterocycles. The Hall–Kier alpha value is -1.79. The van der Waals surface area contributed by atoms with Crippen molar-refractivity contribution in [3.8, 4) is 0 Å². The Kier molecular flexibility index (Phi) is 3.64. The fourth-order valence-electron chi connectivity index (χ4n) is 1.68. The summed E-state index contributed by atoms with van der Waals surface area (Å²) in [4.78, 5) is 0.196. The average molecular weight is 280 g/mol. The summed E-state index contributed by atoms with van der Waals surface area (Å²) in [6.07, 6.45) is 3.04. The number of hydrogen-bond donors (Lipinski definition) is 1. The molecule has 1 aromatic carbocycles. The minimum Gasteiger partial charge on any atom is -0.472 e. The first-order valence-corrected chi connectivity index (χ1v) is 7.19. The van der Waals surface area contributed by atoms with Gasteiger partial charge in [-0.25, -0.2) is 8.42 Å². The lowest BCUT2D eigenvalue weighted by atomic mass is 10.2. The van der Waals surface area contributed by atoms with Gasteiger partial charge < -0.3 is 10.2 Å². The number of nitrogens with two attached hydrogens (primary N) is 1. The highest BCUT2D eigenvalue weighted by atomic mass is 32.2. The van der Waals surface area contributed by atoms with E-state index < -0.39 is 10.0 Å². The Morgan fingerprint density at radius 2 is 2.05 bits per heavy atom. The van der Waals surface area contributed by atoms with E-state index in [0.717, 1.165) is 11.1 Å². The van der Waals surface area contributed by atoms with Crippen LogP contribution >= 0.6 is 0 Å². The van der Waals surface area contributed by atoms with Gasteiger partial charge in [-0.15, -0.1) is 0 Å². The van der Waals surface area contributed by atoms with Crippen molar-refractivity contribution >= 4 is 15.7 Å². The maximum atomic E-state index is 12.4. The van der Waals surface area contributed by atoms with Crippen LogP contribution in [0.4, 0.5) is 5.69 Å². The Morgan fingerprint density at radius 1 is 1.32 bits per heavy atom. The highest BCUT2D eigenvalue weighted by Crippen LogP contribution is 2.21. The molecule has 0 unspecified atom stereocenters. The smallest absolute Gasteiger partial charge is 0.243 e. The normalized spacial score (nSPS) is 11.9. The molecule has 102 valence electrons. The van der Waals surface area contributed by atoms with Crippen molar-refractivity contribution in [3.05, 3.63) is 47.9 Å². The van der Waals surface area contributed by atoms with Crippen molar-refractivity contribution in [2.45, 2.75) is 18.4 Å². The molecule has 0 amide bonds. The zero-order valence-corrected chi connectivity index (χ0v) is 11.6. The lowest BCUT2D eigenvalue weighted by Gasteiger charge is -2.17. The zero-order valence-electron chi connectivity index (χ0n) is 10.8. The molecule has 2 aromatic rings. The summed E-state index contributed by atoms with van der Waals surface area (Å²) in [6, 6.07) is 6.48. The van der Waals surface area contributed by atoms with Crippen LogP contribution in [0.1, 0.15) is 11.1 Å². The Balaban J connectivity index is 2.28. The lowest BCUT2D eigenvalue weighted by molar-refractivity contribution is 0.463. The van der Waals surface area contributed by atoms with Crippen molar-refractivity contribution < 1.29 is 12.8 Å². The molecule has 19 heavy (non-hydrogen) atoms. The summed E-state index contributed by atoms with van der Waals surface area (Å²) in [5, 5.41) is 0. The van der Waals surface area contributed by atoms with Gasteiger partial charge in [0.05, 0.1) is 17.4 Å². The van der Waals surface area contributed by atoms with Crippen LogP contribution in [0.25, 0.3) is 0 Å². The van der Waals surface area contributed by atoms with Crippen LogP contribution in [-0.4, -0.2) is 19.8 Å². The quantitative estimate of drug-likeness (QED) is 0.869. The summed E-state index contributed by atoms with van der Waals surface area (Å²) in [6.45, 7) is 2.09. The summed E-state index contributed by atoms with van der Waals surface area (Å²) in [7, 11) is -2.02. The average Bonchev–Trinajstić information content (AvgIpc) is 2.85. The van der Waals surface area contributed by atoms with E-state index >= 15 is 0 Å². The molecule has 1 heterocycles. The van der Waals surface area contributed by atoms with E-state index in [1.165, 1.54) is 29.9 Å². The number of benzene rings is 1. The van der Waals surface area contributed by atoms with Gasteiger partial charge in [0.1, 0.15) is 0 Å². The van der Waals surface area contributed by atoms with Gasteiger partial charge >= 0.3 is 0 Å². The monoisotopic (exact) mass is 280 g/mol. The number of nitrogens with zero attached hydrogens (tertiary/aromatic N) is 1. The fraction of sp³-hybridized carbons (Fsp3) is 0.231. The first kappa shape index (κ1) is 13.6. The number of hydrogen-bond acceptors (Lipinski definition) is 4. The van der Waals surface area contributed by atoms with E-state index in [1.54, 1.807) is 18.2 Å². The third kappa shape index (κ3) is 2.80. The Labute approximate surface area is 112 Å². The van der Waals surface area contributed by atoms with E-state index in [1.807, 2.05) is 6.92 Å². The van der Waals surface area contributed by atoms with Gasteiger partial charge in [-0.05, 0) is 30.7 Å². The zero-order chi connectivity index (χ0) is 14.0. The number of rotatable bonds is 4. The molecular weight excluding hydrogens is 264 g/mol. The third-order valence-corrected chi connectivity index (χ3v) is 4.74. The van der Waals surface area contributed by atoms with Crippen molar-refractivity contribution in [1.82, 2.24) is 4.31 Å². The van der Waals surface area contributed by atoms with Crippen LogP contribution in [-0.2, 0) is 16.6 Å². The first-order chi connectivity index (χ1) is 8.91. The van der Waals surface area contributed by atoms with Gasteiger partial charge in [0.15, 0.2) is 0 Å². The van der Waals surface area contributed by atoms with Gasteiger partial charge in [0, 0.05) is 24.8 Å². The second-order valence-corrected chi connectivity index (χ2v) is 6.46. The van der Waals surface area contributed by atoms with Crippen LogP contribution in [0, 0.1) is 6.92 Å². The third-order valence-electron chi connectivity index (χ3n) is 2.94. The maximum absolute atomic E-state index is 12.4. The molecule has 0 aliphatic rings. The fourth-order valence-corrected chi connectivity index (χ4v) is 2.88. The van der Waals surface area contributed by atoms with E-state index in [2.05, 4.69) is 0 Å². The molecule has 0 atom stereocenters. The van der Waals surface area contributed by atoms with E-state index in [9.17, 15) is 8.42 Å². The summed E-state index contributed by atoms with van der Waals surface area (Å²) >= 11 is 0. The van der Waals surface area contributed by atoms with Gasteiger partial charge in [-0.3, -0.25) is 0 Å². The van der Waals surface area contributed by atoms with Crippen LogP contribution < -0.4 is 5.73 Å². The Morgan fingerprint density at radius 3 is 2.63 bits per heavy atom. The highest BCUT2D eigenvalue weighted by Gasteiger charge is 2.21. The molecule has 0 aliphatic heterocycles. The summed E-state index contributed by atoms with van der Waals surface area (Å²) in [5.74, 6) is 0. The predicted octanol–water partition coefficient (Wildman–Crippen LogP) is 1.99. The molecule has 0 bridgehead atoms. The van der Waals surface area contributed by atoms with Gasteiger partial charge in [0.2, 0.25) is 10.0 Å². The van der Waals surface area contributed by atoms with Crippen LogP contribution in [0.3, 0.4) is 0 Å². The molecule has 2 rings (SSSR count). The van der Waals surface area contributed by atoms with E-state index in [4.69, 9.17) is 10.2 Å². The standard InChI is InChI=1S/C13H16N2O3S/c1-10-3-4-12(7-13(10)14)19(16,17)15(2)8-11-5-6-18-9-11/h3-7,9H,8,14H2,1-2H3. The topological polar surface area (TPSA) is 76.5 Å². The predicted molar refractivity (Wildman–Crippen MR) is 73.0 cm³/mol. The summed E-state index contributed by atoms with van der Waals surface area (Å²) < 4.78 is 30.9. The molecular formula is C13H16N2O3S. The second-order valence-electron chi connectivity index (χ2n) is 4.41. The van der Waals surface area contributed by atoms with Gasteiger partial charge in [-0.1, -0.05) is 6.07 Å². The molecule has 6 heteroatoms. The molecule has 2 N–H and O–H groups in total. The van der Waals surface area contributed by atoms with Crippen LogP contribution in [0.2, 0.25) is 0 Å². The summed E-state index contributed by atoms with van der Waals surface area (Å²) in [5.41, 5.74) is 7.88. The van der Waals surface area contributed by atoms with Crippen LogP contribution in [0.5, 0.6) is 0 Å². The lowest BCUT2D eigenvalue weighted by Crippen LogP contribution is -2.26. The molecule has 5 nitrogen and oxygen atoms in total. The van der Waals surface area contributed by atoms with E-state index in [-0.39, 0.29) is 11.4 Å². The van der Waals surface area contributed by atoms with Crippen molar-refractivity contribution in [2.75, 3.05) is 12.8 Å². The number of furan rings is 1. The van der Waals surface area contributed by atoms with Gasteiger partial charge in [-0.2, -0.15) is 4.31 Å². The molecule has 0 saturated carbocycles. The number of sulfonamides is 1. The SMILES string of the molecule is Cc1ccc(S(=O)(=O)N(C)Cc2ccoc2)cc1N. The molecule has 1 aromatic heterocycles. The number of aryl methyl sites for hydroxylation is 1. The molecule has 0 radical (unpaired) electrons. The van der Waals surface area contributed by atoms with Crippen molar-refractivity contribution in [3.63, 3.8) is 0 Å². The maximum Gasteiger partial charge on any atom is 0.243 e. The minimum atomic E-state index is -3.54. The molecule has 0 aliphatic carbocycles. The number of anilines is 1.